The van der Waals surface area contributed by atoms with E-state index in [0.29, 0.717) is 0 Å². The first kappa shape index (κ1) is 15.4. The summed E-state index contributed by atoms with van der Waals surface area (Å²) in [5, 5.41) is 8.01. The van der Waals surface area contributed by atoms with Crippen LogP contribution in [0, 0.1) is 0 Å². The number of allylic oxidation sites excluding steroid dienone is 3. The van der Waals surface area contributed by atoms with E-state index in [1.807, 2.05) is 17.4 Å². The Morgan fingerprint density at radius 3 is 2.27 bits per heavy atom. The Morgan fingerprint density at radius 1 is 0.808 bits per heavy atom. The lowest BCUT2D eigenvalue weighted by Gasteiger charge is -2.10. The molecule has 5 rings (SSSR count). The molecule has 0 saturated carbocycles. The Labute approximate surface area is 156 Å². The predicted molar refractivity (Wildman–Crippen MR) is 118 cm³/mol. The topological polar surface area (TPSA) is 0 Å². The number of fused-ring (bicyclic) bond motifs is 7. The molecule has 0 bridgehead atoms. The van der Waals surface area contributed by atoms with E-state index in [1.54, 1.807) is 0 Å². The van der Waals surface area contributed by atoms with Gasteiger partial charge in [0.15, 0.2) is 0 Å². The second-order valence-electron chi connectivity index (χ2n) is 6.55. The average Bonchev–Trinajstić information content (AvgIpc) is 3.08. The third kappa shape index (κ3) is 2.07. The van der Waals surface area contributed by atoms with Crippen molar-refractivity contribution >= 4 is 58.6 Å². The Bertz CT molecular complexity index is 1350. The zero-order valence-electron chi connectivity index (χ0n) is 14.6. The largest absolute Gasteiger partial charge is 0.135 e. The molecular formula is C25H18S. The summed E-state index contributed by atoms with van der Waals surface area (Å²) in [4.78, 5) is 0. The fourth-order valence-corrected chi connectivity index (χ4v) is 5.20. The third-order valence-electron chi connectivity index (χ3n) is 5.21. The van der Waals surface area contributed by atoms with Gasteiger partial charge in [-0.3, -0.25) is 0 Å². The molecule has 0 amide bonds. The van der Waals surface area contributed by atoms with Gasteiger partial charge in [0.2, 0.25) is 0 Å². The lowest BCUT2D eigenvalue weighted by atomic mass is 9.93. The van der Waals surface area contributed by atoms with E-state index in [1.165, 1.54) is 52.9 Å². The molecule has 0 aliphatic rings. The molecule has 5 aromatic rings. The summed E-state index contributed by atoms with van der Waals surface area (Å²) in [6.45, 7) is 6.09. The minimum absolute atomic E-state index is 1.19. The summed E-state index contributed by atoms with van der Waals surface area (Å²) in [5.74, 6) is 0. The van der Waals surface area contributed by atoms with Gasteiger partial charge >= 0.3 is 0 Å². The van der Waals surface area contributed by atoms with Crippen LogP contribution in [-0.2, 0) is 0 Å². The van der Waals surface area contributed by atoms with Crippen LogP contribution < -0.4 is 0 Å². The van der Waals surface area contributed by atoms with Crippen molar-refractivity contribution in [1.82, 2.24) is 0 Å². The maximum atomic E-state index is 4.01. The van der Waals surface area contributed by atoms with Gasteiger partial charge in [-0.2, -0.15) is 0 Å². The SMILES string of the molecule is C=C/C(=C\C)c1cc2sc3ccc4ccccc4c3c2c2ccccc12. The van der Waals surface area contributed by atoms with Gasteiger partial charge < -0.3 is 0 Å². The van der Waals surface area contributed by atoms with Gasteiger partial charge in [0.25, 0.3) is 0 Å². The van der Waals surface area contributed by atoms with Crippen LogP contribution in [0.5, 0.6) is 0 Å². The second kappa shape index (κ2) is 5.82. The molecule has 0 atom stereocenters. The number of rotatable bonds is 2. The molecule has 124 valence electrons. The molecule has 1 heterocycles. The van der Waals surface area contributed by atoms with Gasteiger partial charge in [-0.25, -0.2) is 0 Å². The fourth-order valence-electron chi connectivity index (χ4n) is 4.02. The summed E-state index contributed by atoms with van der Waals surface area (Å²) < 4.78 is 2.69. The lowest BCUT2D eigenvalue weighted by molar-refractivity contribution is 1.68. The monoisotopic (exact) mass is 350 g/mol. The Balaban J connectivity index is 2.08. The standard InChI is InChI=1S/C25H18S/c1-3-16(4-2)21-15-23-25(20-12-8-7-11-19(20)21)24-18-10-6-5-9-17(18)13-14-22(24)26-23/h3-15H,1H2,2H3/b16-4+. The third-order valence-corrected chi connectivity index (χ3v) is 6.31. The van der Waals surface area contributed by atoms with E-state index in [0.717, 1.165) is 0 Å². The minimum Gasteiger partial charge on any atom is -0.135 e. The van der Waals surface area contributed by atoms with Crippen molar-refractivity contribution in [3.05, 3.63) is 91.0 Å². The molecule has 0 nitrogen and oxygen atoms in total. The molecule has 0 spiro atoms. The van der Waals surface area contributed by atoms with Crippen LogP contribution >= 0.6 is 11.3 Å². The quantitative estimate of drug-likeness (QED) is 0.283. The van der Waals surface area contributed by atoms with Crippen molar-refractivity contribution in [1.29, 1.82) is 0 Å². The summed E-state index contributed by atoms with van der Waals surface area (Å²) in [6.07, 6.45) is 4.10. The van der Waals surface area contributed by atoms with E-state index in [-0.39, 0.29) is 0 Å². The van der Waals surface area contributed by atoms with Crippen molar-refractivity contribution in [2.75, 3.05) is 0 Å². The average molecular weight is 350 g/mol. The van der Waals surface area contributed by atoms with Crippen LogP contribution in [0.25, 0.3) is 47.3 Å². The number of thiophene rings is 1. The normalized spacial score (nSPS) is 12.4. The summed E-state index contributed by atoms with van der Waals surface area (Å²) in [7, 11) is 0. The van der Waals surface area contributed by atoms with Gasteiger partial charge in [0.05, 0.1) is 0 Å². The zero-order chi connectivity index (χ0) is 17.7. The van der Waals surface area contributed by atoms with Gasteiger partial charge in [-0.1, -0.05) is 73.3 Å². The van der Waals surface area contributed by atoms with Gasteiger partial charge in [0, 0.05) is 20.2 Å². The van der Waals surface area contributed by atoms with Crippen molar-refractivity contribution in [3.63, 3.8) is 0 Å². The maximum absolute atomic E-state index is 4.01. The lowest BCUT2D eigenvalue weighted by Crippen LogP contribution is -1.85. The molecule has 0 unspecified atom stereocenters. The first-order valence-corrected chi connectivity index (χ1v) is 9.68. The van der Waals surface area contributed by atoms with Crippen molar-refractivity contribution in [2.24, 2.45) is 0 Å². The highest BCUT2D eigenvalue weighted by Gasteiger charge is 2.15. The first-order chi connectivity index (χ1) is 12.8. The highest BCUT2D eigenvalue weighted by atomic mass is 32.1. The maximum Gasteiger partial charge on any atom is 0.0368 e. The van der Waals surface area contributed by atoms with Gasteiger partial charge in [-0.15, -0.1) is 11.3 Å². The Kier molecular flexibility index (Phi) is 3.44. The molecule has 0 aliphatic heterocycles. The highest BCUT2D eigenvalue weighted by molar-refractivity contribution is 7.26. The molecule has 0 N–H and O–H groups in total. The molecule has 4 aromatic carbocycles. The van der Waals surface area contributed by atoms with Crippen molar-refractivity contribution in [2.45, 2.75) is 6.92 Å². The molecule has 0 saturated heterocycles. The molecule has 1 aromatic heterocycles. The molecule has 0 radical (unpaired) electrons. The molecule has 0 fully saturated rings. The van der Waals surface area contributed by atoms with Gasteiger partial charge in [0.1, 0.15) is 0 Å². The number of hydrogen-bond donors (Lipinski definition) is 0. The predicted octanol–water partition coefficient (Wildman–Crippen LogP) is 7.95. The van der Waals surface area contributed by atoms with Crippen LogP contribution in [0.15, 0.2) is 85.5 Å². The van der Waals surface area contributed by atoms with Gasteiger partial charge in [-0.05, 0) is 51.7 Å². The fraction of sp³-hybridized carbons (Fsp3) is 0.0400. The zero-order valence-corrected chi connectivity index (χ0v) is 15.4. The number of benzene rings is 4. The van der Waals surface area contributed by atoms with E-state index in [4.69, 9.17) is 0 Å². The second-order valence-corrected chi connectivity index (χ2v) is 7.64. The smallest absolute Gasteiger partial charge is 0.0368 e. The number of hydrogen-bond acceptors (Lipinski definition) is 1. The Morgan fingerprint density at radius 2 is 1.50 bits per heavy atom. The first-order valence-electron chi connectivity index (χ1n) is 8.86. The molecular weight excluding hydrogens is 332 g/mol. The summed E-state index contributed by atoms with van der Waals surface area (Å²) in [6, 6.07) is 24.3. The van der Waals surface area contributed by atoms with Crippen LogP contribution in [0.4, 0.5) is 0 Å². The Hall–Kier alpha value is -2.90. The summed E-state index contributed by atoms with van der Waals surface area (Å²) in [5.41, 5.74) is 2.45. The summed E-state index contributed by atoms with van der Waals surface area (Å²) >= 11 is 1.88. The van der Waals surface area contributed by atoms with E-state index >= 15 is 0 Å². The van der Waals surface area contributed by atoms with Crippen LogP contribution in [0.3, 0.4) is 0 Å². The van der Waals surface area contributed by atoms with Crippen molar-refractivity contribution in [3.8, 4) is 0 Å². The molecule has 0 aliphatic carbocycles. The van der Waals surface area contributed by atoms with E-state index < -0.39 is 0 Å². The van der Waals surface area contributed by atoms with Crippen molar-refractivity contribution < 1.29 is 0 Å². The minimum atomic E-state index is 1.19. The van der Waals surface area contributed by atoms with Crippen LogP contribution in [0.2, 0.25) is 0 Å². The van der Waals surface area contributed by atoms with E-state index in [9.17, 15) is 0 Å². The van der Waals surface area contributed by atoms with E-state index in [2.05, 4.69) is 86.3 Å². The van der Waals surface area contributed by atoms with Crippen LogP contribution in [0.1, 0.15) is 12.5 Å². The molecule has 26 heavy (non-hydrogen) atoms. The van der Waals surface area contributed by atoms with Crippen LogP contribution in [-0.4, -0.2) is 0 Å². The molecule has 1 heteroatoms. The highest BCUT2D eigenvalue weighted by Crippen LogP contribution is 2.44.